The summed E-state index contributed by atoms with van der Waals surface area (Å²) >= 11 is 0. The van der Waals surface area contributed by atoms with Gasteiger partial charge in [-0.1, -0.05) is 24.3 Å². The maximum Gasteiger partial charge on any atom is 0.224 e. The number of benzene rings is 1. The van der Waals surface area contributed by atoms with E-state index < -0.39 is 11.6 Å². The van der Waals surface area contributed by atoms with Gasteiger partial charge in [-0.3, -0.25) is 4.79 Å². The highest BCUT2D eigenvalue weighted by Gasteiger charge is 2.10. The summed E-state index contributed by atoms with van der Waals surface area (Å²) in [6.45, 7) is 2.39. The number of amides is 1. The molecule has 0 spiro atoms. The number of rotatable bonds is 5. The van der Waals surface area contributed by atoms with Crippen molar-refractivity contribution in [1.82, 2.24) is 5.32 Å². The lowest BCUT2D eigenvalue weighted by molar-refractivity contribution is -0.120. The normalized spacial score (nSPS) is 10.8. The van der Waals surface area contributed by atoms with E-state index >= 15 is 0 Å². The second kappa shape index (κ2) is 6.78. The number of hydrogen-bond acceptors (Lipinski definition) is 1. The van der Waals surface area contributed by atoms with E-state index in [0.717, 1.165) is 12.5 Å². The van der Waals surface area contributed by atoms with Crippen LogP contribution in [-0.2, 0) is 11.2 Å². The van der Waals surface area contributed by atoms with Gasteiger partial charge in [-0.25, -0.2) is 8.78 Å². The summed E-state index contributed by atoms with van der Waals surface area (Å²) in [5, 5.41) is 2.63. The molecule has 0 saturated carbocycles. The van der Waals surface area contributed by atoms with Crippen LogP contribution >= 0.6 is 0 Å². The fourth-order valence-electron chi connectivity index (χ4n) is 1.38. The van der Waals surface area contributed by atoms with E-state index in [0.29, 0.717) is 6.54 Å². The Kier molecular flexibility index (Phi) is 5.33. The average molecular weight is 239 g/mol. The summed E-state index contributed by atoms with van der Waals surface area (Å²) in [7, 11) is 0. The van der Waals surface area contributed by atoms with Crippen molar-refractivity contribution < 1.29 is 13.6 Å². The fraction of sp³-hybridized carbons (Fsp3) is 0.308. The van der Waals surface area contributed by atoms with Crippen molar-refractivity contribution in [2.75, 3.05) is 6.54 Å². The molecule has 0 aromatic heterocycles. The van der Waals surface area contributed by atoms with Crippen LogP contribution in [0.4, 0.5) is 8.78 Å². The second-order valence-electron chi connectivity index (χ2n) is 3.60. The number of carbonyl (C=O) groups excluding carboxylic acids is 1. The van der Waals surface area contributed by atoms with E-state index in [1.165, 1.54) is 12.1 Å². The third-order valence-corrected chi connectivity index (χ3v) is 2.25. The molecule has 0 saturated heterocycles. The summed E-state index contributed by atoms with van der Waals surface area (Å²) in [5.41, 5.74) is 0.0773. The van der Waals surface area contributed by atoms with Gasteiger partial charge in [0.05, 0.1) is 6.42 Å². The maximum absolute atomic E-state index is 13.2. The first-order valence-corrected chi connectivity index (χ1v) is 5.46. The van der Waals surface area contributed by atoms with Crippen molar-refractivity contribution in [3.05, 3.63) is 47.5 Å². The highest BCUT2D eigenvalue weighted by molar-refractivity contribution is 5.78. The second-order valence-corrected chi connectivity index (χ2v) is 3.60. The van der Waals surface area contributed by atoms with Crippen LogP contribution in [0.1, 0.15) is 18.9 Å². The molecule has 1 rings (SSSR count). The lowest BCUT2D eigenvalue weighted by atomic mass is 10.1. The zero-order valence-corrected chi connectivity index (χ0v) is 9.67. The van der Waals surface area contributed by atoms with Crippen LogP contribution in [0.25, 0.3) is 0 Å². The first-order valence-electron chi connectivity index (χ1n) is 5.46. The van der Waals surface area contributed by atoms with Crippen molar-refractivity contribution in [2.24, 2.45) is 0 Å². The van der Waals surface area contributed by atoms with Gasteiger partial charge in [0.25, 0.3) is 0 Å². The van der Waals surface area contributed by atoms with Crippen molar-refractivity contribution in [3.8, 4) is 0 Å². The molecule has 0 unspecified atom stereocenters. The molecule has 0 aliphatic heterocycles. The molecule has 0 aliphatic rings. The van der Waals surface area contributed by atoms with E-state index in [2.05, 4.69) is 5.32 Å². The van der Waals surface area contributed by atoms with Gasteiger partial charge in [-0.15, -0.1) is 0 Å². The third-order valence-electron chi connectivity index (χ3n) is 2.25. The third kappa shape index (κ3) is 4.34. The largest absolute Gasteiger partial charge is 0.356 e. The minimum atomic E-state index is -0.948. The standard InChI is InChI=1S/C13H15F2NO/c1-2-3-4-8-16-12(17)9-10-6-5-7-11(14)13(10)15/h2-3,5-7H,4,8-9H2,1H3,(H,16,17)/b3-2+. The topological polar surface area (TPSA) is 29.1 Å². The summed E-state index contributed by atoms with van der Waals surface area (Å²) in [4.78, 5) is 11.4. The predicted molar refractivity (Wildman–Crippen MR) is 62.5 cm³/mol. The zero-order valence-electron chi connectivity index (χ0n) is 9.67. The van der Waals surface area contributed by atoms with Gasteiger partial charge in [-0.05, 0) is 19.4 Å². The summed E-state index contributed by atoms with van der Waals surface area (Å²) < 4.78 is 26.1. The Morgan fingerprint density at radius 3 is 2.88 bits per heavy atom. The maximum atomic E-state index is 13.2. The van der Waals surface area contributed by atoms with Crippen molar-refractivity contribution in [3.63, 3.8) is 0 Å². The Hall–Kier alpha value is -1.71. The molecule has 0 atom stereocenters. The van der Waals surface area contributed by atoms with Crippen LogP contribution in [0.5, 0.6) is 0 Å². The van der Waals surface area contributed by atoms with Gasteiger partial charge in [0.1, 0.15) is 0 Å². The quantitative estimate of drug-likeness (QED) is 0.621. The van der Waals surface area contributed by atoms with Gasteiger partial charge in [0, 0.05) is 12.1 Å². The van der Waals surface area contributed by atoms with Crippen LogP contribution in [0, 0.1) is 11.6 Å². The zero-order chi connectivity index (χ0) is 12.7. The average Bonchev–Trinajstić information content (AvgIpc) is 2.31. The summed E-state index contributed by atoms with van der Waals surface area (Å²) in [5.74, 6) is -2.18. The number of carbonyl (C=O) groups is 1. The van der Waals surface area contributed by atoms with Crippen LogP contribution in [0.2, 0.25) is 0 Å². The SMILES string of the molecule is C/C=C/CCNC(=O)Cc1cccc(F)c1F. The van der Waals surface area contributed by atoms with Crippen LogP contribution in [0.15, 0.2) is 30.4 Å². The highest BCUT2D eigenvalue weighted by atomic mass is 19.2. The van der Waals surface area contributed by atoms with Gasteiger partial charge in [0.2, 0.25) is 5.91 Å². The molecule has 1 aromatic rings. The molecular weight excluding hydrogens is 224 g/mol. The number of allylic oxidation sites excluding steroid dienone is 1. The Bertz CT molecular complexity index is 416. The Labute approximate surface area is 99.3 Å². The van der Waals surface area contributed by atoms with Gasteiger partial charge >= 0.3 is 0 Å². The van der Waals surface area contributed by atoms with Crippen molar-refractivity contribution in [2.45, 2.75) is 19.8 Å². The van der Waals surface area contributed by atoms with E-state index in [-0.39, 0.29) is 17.9 Å². The molecular formula is C13H15F2NO. The van der Waals surface area contributed by atoms with E-state index in [1.807, 2.05) is 19.1 Å². The number of halogens is 2. The molecule has 2 nitrogen and oxygen atoms in total. The first-order chi connectivity index (χ1) is 8.15. The van der Waals surface area contributed by atoms with Gasteiger partial charge < -0.3 is 5.32 Å². The molecule has 0 heterocycles. The Morgan fingerprint density at radius 2 is 2.18 bits per heavy atom. The molecule has 0 aliphatic carbocycles. The minimum Gasteiger partial charge on any atom is -0.356 e. The molecule has 1 aromatic carbocycles. The van der Waals surface area contributed by atoms with E-state index in [9.17, 15) is 13.6 Å². The van der Waals surface area contributed by atoms with Crippen molar-refractivity contribution in [1.29, 1.82) is 0 Å². The van der Waals surface area contributed by atoms with E-state index in [4.69, 9.17) is 0 Å². The van der Waals surface area contributed by atoms with Crippen LogP contribution in [-0.4, -0.2) is 12.5 Å². The Morgan fingerprint density at radius 1 is 1.41 bits per heavy atom. The monoisotopic (exact) mass is 239 g/mol. The van der Waals surface area contributed by atoms with E-state index in [1.54, 1.807) is 0 Å². The molecule has 92 valence electrons. The molecule has 4 heteroatoms. The molecule has 17 heavy (non-hydrogen) atoms. The minimum absolute atomic E-state index is 0.0773. The lowest BCUT2D eigenvalue weighted by Crippen LogP contribution is -2.26. The predicted octanol–water partition coefficient (Wildman–Crippen LogP) is 2.59. The Balaban J connectivity index is 2.48. The smallest absolute Gasteiger partial charge is 0.224 e. The molecule has 0 radical (unpaired) electrons. The highest BCUT2D eigenvalue weighted by Crippen LogP contribution is 2.11. The summed E-state index contributed by atoms with van der Waals surface area (Å²) in [6.07, 6.45) is 4.40. The number of nitrogens with one attached hydrogen (secondary N) is 1. The number of hydrogen-bond donors (Lipinski definition) is 1. The molecule has 1 amide bonds. The fourth-order valence-corrected chi connectivity index (χ4v) is 1.38. The molecule has 1 N–H and O–H groups in total. The van der Waals surface area contributed by atoms with Crippen LogP contribution < -0.4 is 5.32 Å². The molecule has 0 bridgehead atoms. The van der Waals surface area contributed by atoms with Crippen LogP contribution in [0.3, 0.4) is 0 Å². The van der Waals surface area contributed by atoms with Crippen molar-refractivity contribution >= 4 is 5.91 Å². The summed E-state index contributed by atoms with van der Waals surface area (Å²) in [6, 6.07) is 3.83. The molecule has 0 fully saturated rings. The van der Waals surface area contributed by atoms with Gasteiger partial charge in [0.15, 0.2) is 11.6 Å². The lowest BCUT2D eigenvalue weighted by Gasteiger charge is -2.05. The van der Waals surface area contributed by atoms with Gasteiger partial charge in [-0.2, -0.15) is 0 Å². The first kappa shape index (κ1) is 13.4.